The molecule has 1 fully saturated rings. The number of carbonyl (C=O) groups is 2. The average molecular weight is 539 g/mol. The summed E-state index contributed by atoms with van der Waals surface area (Å²) in [5.41, 5.74) is 0.486. The Morgan fingerprint density at radius 3 is 2.76 bits per heavy atom. The molecule has 0 spiro atoms. The molecule has 1 aromatic carbocycles. The van der Waals surface area contributed by atoms with Gasteiger partial charge in [-0.3, -0.25) is 9.59 Å². The highest BCUT2D eigenvalue weighted by atomic mass is 32.1. The number of benzene rings is 1. The number of hydrogen-bond acceptors (Lipinski definition) is 8. The summed E-state index contributed by atoms with van der Waals surface area (Å²) < 4.78 is 25.0. The maximum atomic E-state index is 13.8. The minimum Gasteiger partial charge on any atom is -0.458 e. The molecule has 1 aliphatic rings. The van der Waals surface area contributed by atoms with Gasteiger partial charge in [0.05, 0.1) is 12.6 Å². The molecule has 198 valence electrons. The number of amides is 2. The van der Waals surface area contributed by atoms with Gasteiger partial charge in [-0.1, -0.05) is 18.2 Å². The number of tetrazole rings is 1. The van der Waals surface area contributed by atoms with E-state index < -0.39 is 17.8 Å². The lowest BCUT2D eigenvalue weighted by Crippen LogP contribution is -2.46. The molecule has 10 nitrogen and oxygen atoms in total. The van der Waals surface area contributed by atoms with Crippen molar-refractivity contribution in [1.82, 2.24) is 30.4 Å². The lowest BCUT2D eigenvalue weighted by Gasteiger charge is -2.31. The van der Waals surface area contributed by atoms with E-state index in [1.165, 1.54) is 45.3 Å². The van der Waals surface area contributed by atoms with Crippen LogP contribution in [0.25, 0.3) is 11.6 Å². The van der Waals surface area contributed by atoms with Gasteiger partial charge >= 0.3 is 0 Å². The third-order valence-electron chi connectivity index (χ3n) is 6.19. The number of nitrogens with zero attached hydrogens (tertiary/aromatic N) is 5. The van der Waals surface area contributed by atoms with E-state index in [9.17, 15) is 14.0 Å². The van der Waals surface area contributed by atoms with E-state index in [4.69, 9.17) is 9.15 Å². The third-order valence-corrected chi connectivity index (χ3v) is 7.05. The summed E-state index contributed by atoms with van der Waals surface area (Å²) in [7, 11) is 0. The van der Waals surface area contributed by atoms with Crippen molar-refractivity contribution in [2.45, 2.75) is 45.0 Å². The molecule has 4 heterocycles. The van der Waals surface area contributed by atoms with Crippen LogP contribution in [-0.2, 0) is 27.4 Å². The van der Waals surface area contributed by atoms with Crippen LogP contribution < -0.4 is 5.32 Å². The summed E-state index contributed by atoms with van der Waals surface area (Å²) in [5.74, 6) is 0.172. The van der Waals surface area contributed by atoms with E-state index in [-0.39, 0.29) is 30.9 Å². The van der Waals surface area contributed by atoms with Gasteiger partial charge in [-0.05, 0) is 66.3 Å². The van der Waals surface area contributed by atoms with Crippen molar-refractivity contribution in [3.8, 4) is 11.6 Å². The molecule has 5 rings (SSSR count). The quantitative estimate of drug-likeness (QED) is 0.329. The number of carbonyl (C=O) groups excluding carboxylic acids is 2. The predicted molar refractivity (Wildman–Crippen MR) is 136 cm³/mol. The summed E-state index contributed by atoms with van der Waals surface area (Å²) in [5, 5.41) is 17.1. The second-order valence-electron chi connectivity index (χ2n) is 8.99. The highest BCUT2D eigenvalue weighted by molar-refractivity contribution is 7.09. The minimum absolute atomic E-state index is 0.0720. The maximum Gasteiger partial charge on any atom is 0.247 e. The smallest absolute Gasteiger partial charge is 0.247 e. The van der Waals surface area contributed by atoms with Crippen molar-refractivity contribution >= 4 is 23.2 Å². The molecule has 12 heteroatoms. The van der Waals surface area contributed by atoms with Gasteiger partial charge in [0.2, 0.25) is 17.6 Å². The zero-order valence-electron chi connectivity index (χ0n) is 20.7. The molecule has 4 aromatic rings. The van der Waals surface area contributed by atoms with Crippen molar-refractivity contribution in [2.24, 2.45) is 0 Å². The Bertz CT molecular complexity index is 1360. The lowest BCUT2D eigenvalue weighted by atomic mass is 10.0. The highest BCUT2D eigenvalue weighted by Gasteiger charge is 2.33. The van der Waals surface area contributed by atoms with Crippen molar-refractivity contribution in [3.63, 3.8) is 0 Å². The Hall–Kier alpha value is -3.90. The van der Waals surface area contributed by atoms with Crippen LogP contribution in [0.15, 0.2) is 58.3 Å². The molecule has 1 saturated heterocycles. The molecule has 2 atom stereocenters. The molecule has 0 aliphatic carbocycles. The first-order valence-corrected chi connectivity index (χ1v) is 13.2. The molecule has 0 saturated carbocycles. The van der Waals surface area contributed by atoms with Gasteiger partial charge < -0.3 is 19.4 Å². The van der Waals surface area contributed by atoms with Crippen LogP contribution in [0, 0.1) is 12.7 Å². The lowest BCUT2D eigenvalue weighted by molar-refractivity contribution is -0.142. The predicted octanol–water partition coefficient (Wildman–Crippen LogP) is 3.51. The molecule has 1 aliphatic heterocycles. The second-order valence-corrected chi connectivity index (χ2v) is 10.0. The van der Waals surface area contributed by atoms with Gasteiger partial charge in [0.15, 0.2) is 5.76 Å². The topological polar surface area (TPSA) is 115 Å². The standard InChI is InChI=1S/C26H27FN6O4S/c1-17-6-11-22(37-17)25-29-31-33(30-25)16-23(34)32(15-21-5-3-13-38-21)24(18-7-9-19(27)10-8-18)26(35)28-14-20-4-2-12-36-20/h3,5-11,13,20,24H,2,4,12,14-16H2,1H3,(H,28,35)/t20-,24-/m0/s1. The van der Waals surface area contributed by atoms with Gasteiger partial charge in [0, 0.05) is 18.0 Å². The first-order valence-electron chi connectivity index (χ1n) is 12.3. The highest BCUT2D eigenvalue weighted by Crippen LogP contribution is 2.26. The zero-order chi connectivity index (χ0) is 26.5. The fourth-order valence-electron chi connectivity index (χ4n) is 4.30. The molecule has 2 amide bonds. The molecular weight excluding hydrogens is 511 g/mol. The second kappa shape index (κ2) is 11.7. The number of ether oxygens (including phenoxy) is 1. The Morgan fingerprint density at radius 2 is 2.08 bits per heavy atom. The molecular formula is C26H27FN6O4S. The van der Waals surface area contributed by atoms with Crippen LogP contribution in [0.3, 0.4) is 0 Å². The molecule has 0 radical (unpaired) electrons. The number of aromatic nitrogens is 4. The van der Waals surface area contributed by atoms with Crippen LogP contribution in [-0.4, -0.2) is 56.2 Å². The minimum atomic E-state index is -1.01. The molecule has 1 N–H and O–H groups in total. The average Bonchev–Trinajstić information content (AvgIpc) is 3.72. The van der Waals surface area contributed by atoms with Crippen LogP contribution >= 0.6 is 11.3 Å². The number of nitrogens with one attached hydrogen (secondary N) is 1. The van der Waals surface area contributed by atoms with Crippen LogP contribution in [0.2, 0.25) is 0 Å². The number of hydrogen-bond donors (Lipinski definition) is 1. The molecule has 0 bridgehead atoms. The molecule has 0 unspecified atom stereocenters. The summed E-state index contributed by atoms with van der Waals surface area (Å²) >= 11 is 1.47. The van der Waals surface area contributed by atoms with E-state index in [2.05, 4.69) is 20.7 Å². The van der Waals surface area contributed by atoms with E-state index in [1.807, 2.05) is 17.5 Å². The van der Waals surface area contributed by atoms with Crippen molar-refractivity contribution in [3.05, 3.63) is 75.9 Å². The number of aryl methyl sites for hydroxylation is 1. The summed E-state index contributed by atoms with van der Waals surface area (Å²) in [6.07, 6.45) is 1.72. The van der Waals surface area contributed by atoms with E-state index in [0.29, 0.717) is 30.2 Å². The first kappa shape index (κ1) is 25.7. The van der Waals surface area contributed by atoms with Crippen LogP contribution in [0.1, 0.15) is 35.1 Å². The summed E-state index contributed by atoms with van der Waals surface area (Å²) in [6, 6.07) is 11.9. The SMILES string of the molecule is Cc1ccc(-c2nnn(CC(=O)N(Cc3cccs3)[C@H](C(=O)NC[C@@H]3CCCO3)c3ccc(F)cc3)n2)o1. The zero-order valence-corrected chi connectivity index (χ0v) is 21.6. The van der Waals surface area contributed by atoms with Crippen molar-refractivity contribution in [2.75, 3.05) is 13.2 Å². The summed E-state index contributed by atoms with van der Waals surface area (Å²) in [6.45, 7) is 2.71. The van der Waals surface area contributed by atoms with Crippen molar-refractivity contribution in [1.29, 1.82) is 0 Å². The molecule has 38 heavy (non-hydrogen) atoms. The fourth-order valence-corrected chi connectivity index (χ4v) is 5.01. The van der Waals surface area contributed by atoms with E-state index in [1.54, 1.807) is 19.1 Å². The first-order chi connectivity index (χ1) is 18.5. The summed E-state index contributed by atoms with van der Waals surface area (Å²) in [4.78, 5) is 30.8. The van der Waals surface area contributed by atoms with Gasteiger partial charge in [-0.15, -0.1) is 21.5 Å². The third kappa shape index (κ3) is 6.14. The van der Waals surface area contributed by atoms with Gasteiger partial charge in [-0.2, -0.15) is 4.80 Å². The van der Waals surface area contributed by atoms with Crippen molar-refractivity contribution < 1.29 is 23.1 Å². The molecule has 3 aromatic heterocycles. The van der Waals surface area contributed by atoms with E-state index in [0.717, 1.165) is 17.7 Å². The van der Waals surface area contributed by atoms with Gasteiger partial charge in [-0.25, -0.2) is 4.39 Å². The van der Waals surface area contributed by atoms with Crippen LogP contribution in [0.5, 0.6) is 0 Å². The van der Waals surface area contributed by atoms with E-state index >= 15 is 0 Å². The number of thiophene rings is 1. The number of halogens is 1. The normalized spacial score (nSPS) is 15.9. The maximum absolute atomic E-state index is 13.8. The van der Waals surface area contributed by atoms with Crippen LogP contribution in [0.4, 0.5) is 4.39 Å². The van der Waals surface area contributed by atoms with Gasteiger partial charge in [0.1, 0.15) is 24.2 Å². The fraction of sp³-hybridized carbons (Fsp3) is 0.346. The Kier molecular flexibility index (Phi) is 7.89. The largest absolute Gasteiger partial charge is 0.458 e. The number of furan rings is 1. The Labute approximate surface area is 222 Å². The van der Waals surface area contributed by atoms with Gasteiger partial charge in [0.25, 0.3) is 0 Å². The number of rotatable bonds is 10. The monoisotopic (exact) mass is 538 g/mol. The Balaban J connectivity index is 1.42. The Morgan fingerprint density at radius 1 is 1.24 bits per heavy atom.